The van der Waals surface area contributed by atoms with Crippen molar-refractivity contribution >= 4 is 11.8 Å². The van der Waals surface area contributed by atoms with Crippen LogP contribution in [-0.2, 0) is 9.59 Å². The fraction of sp³-hybridized carbons (Fsp3) is 0.882. The summed E-state index contributed by atoms with van der Waals surface area (Å²) >= 11 is 0. The maximum atomic E-state index is 12.6. The minimum Gasteiger partial charge on any atom is -0.282 e. The van der Waals surface area contributed by atoms with Crippen LogP contribution in [0.5, 0.6) is 0 Å². The van der Waals surface area contributed by atoms with Gasteiger partial charge >= 0.3 is 0 Å². The quantitative estimate of drug-likeness (QED) is 0.727. The average Bonchev–Trinajstić information content (AvgIpc) is 3.10. The summed E-state index contributed by atoms with van der Waals surface area (Å²) in [5, 5.41) is 0. The molecule has 3 saturated carbocycles. The largest absolute Gasteiger partial charge is 0.282 e. The van der Waals surface area contributed by atoms with Gasteiger partial charge in [0.2, 0.25) is 11.8 Å². The second-order valence-electron chi connectivity index (χ2n) is 7.85. The van der Waals surface area contributed by atoms with Crippen LogP contribution in [0.3, 0.4) is 0 Å². The fourth-order valence-corrected chi connectivity index (χ4v) is 5.47. The van der Waals surface area contributed by atoms with Crippen molar-refractivity contribution in [3.05, 3.63) is 0 Å². The Morgan fingerprint density at radius 1 is 0.950 bits per heavy atom. The van der Waals surface area contributed by atoms with E-state index in [2.05, 4.69) is 6.92 Å². The summed E-state index contributed by atoms with van der Waals surface area (Å²) < 4.78 is 0. The number of fused-ring (bicyclic) bond motifs is 3. The minimum atomic E-state index is 0.0184. The number of hydrogen-bond donors (Lipinski definition) is 0. The Morgan fingerprint density at radius 3 is 2.45 bits per heavy atom. The standard InChI is InChI=1S/C17H25NO2/c1-10-2-5-14-15(6-10)17(20)18(16(14)19)9-13-8-11-3-4-12(13)7-11/h10-15H,2-9H2,1H3. The third kappa shape index (κ3) is 1.85. The lowest BCUT2D eigenvalue weighted by Crippen LogP contribution is -2.37. The monoisotopic (exact) mass is 275 g/mol. The van der Waals surface area contributed by atoms with Crippen molar-refractivity contribution in [3.8, 4) is 0 Å². The van der Waals surface area contributed by atoms with E-state index >= 15 is 0 Å². The van der Waals surface area contributed by atoms with Crippen LogP contribution in [0.4, 0.5) is 0 Å². The molecule has 20 heavy (non-hydrogen) atoms. The zero-order valence-corrected chi connectivity index (χ0v) is 12.4. The SMILES string of the molecule is CC1CCC2C(=O)N(CC3CC4CCC3C4)C(=O)C2C1. The van der Waals surface area contributed by atoms with Gasteiger partial charge in [0.25, 0.3) is 0 Å². The second kappa shape index (κ2) is 4.57. The lowest BCUT2D eigenvalue weighted by molar-refractivity contribution is -0.140. The highest BCUT2D eigenvalue weighted by Crippen LogP contribution is 2.49. The van der Waals surface area contributed by atoms with Gasteiger partial charge in [-0.1, -0.05) is 13.3 Å². The molecule has 4 aliphatic rings. The van der Waals surface area contributed by atoms with Crippen molar-refractivity contribution in [2.24, 2.45) is 35.5 Å². The molecule has 0 aromatic heterocycles. The molecular formula is C17H25NO2. The number of carbonyl (C=O) groups excluding carboxylic acids is 2. The Labute approximate surface area is 121 Å². The highest BCUT2D eigenvalue weighted by Gasteiger charge is 2.51. The van der Waals surface area contributed by atoms with Crippen molar-refractivity contribution in [2.75, 3.05) is 6.54 Å². The van der Waals surface area contributed by atoms with Gasteiger partial charge in [0.05, 0.1) is 11.8 Å². The molecule has 1 heterocycles. The lowest BCUT2D eigenvalue weighted by Gasteiger charge is -2.26. The van der Waals surface area contributed by atoms with E-state index in [1.807, 2.05) is 0 Å². The van der Waals surface area contributed by atoms with E-state index in [4.69, 9.17) is 0 Å². The van der Waals surface area contributed by atoms with Crippen LogP contribution in [0.25, 0.3) is 0 Å². The van der Waals surface area contributed by atoms with Gasteiger partial charge in [0.15, 0.2) is 0 Å². The number of likely N-dealkylation sites (tertiary alicyclic amines) is 1. The summed E-state index contributed by atoms with van der Waals surface area (Å²) in [4.78, 5) is 26.8. The van der Waals surface area contributed by atoms with Gasteiger partial charge in [0, 0.05) is 6.54 Å². The topological polar surface area (TPSA) is 37.4 Å². The highest BCUT2D eigenvalue weighted by atomic mass is 16.2. The zero-order chi connectivity index (χ0) is 13.9. The summed E-state index contributed by atoms with van der Waals surface area (Å²) in [6.07, 6.45) is 8.30. The molecule has 0 aromatic carbocycles. The molecule has 1 saturated heterocycles. The number of imide groups is 1. The van der Waals surface area contributed by atoms with Crippen molar-refractivity contribution in [1.82, 2.24) is 4.90 Å². The predicted molar refractivity (Wildman–Crippen MR) is 75.7 cm³/mol. The molecule has 2 bridgehead atoms. The maximum absolute atomic E-state index is 12.6. The molecule has 4 rings (SSSR count). The molecule has 3 nitrogen and oxygen atoms in total. The lowest BCUT2D eigenvalue weighted by atomic mass is 9.76. The van der Waals surface area contributed by atoms with Gasteiger partial charge in [-0.05, 0) is 62.2 Å². The number of rotatable bonds is 2. The van der Waals surface area contributed by atoms with Crippen molar-refractivity contribution in [3.63, 3.8) is 0 Å². The molecule has 0 spiro atoms. The van der Waals surface area contributed by atoms with Crippen LogP contribution >= 0.6 is 0 Å². The summed E-state index contributed by atoms with van der Waals surface area (Å²) in [6.45, 7) is 2.95. The smallest absolute Gasteiger partial charge is 0.233 e. The molecule has 4 fully saturated rings. The molecule has 2 amide bonds. The molecule has 0 N–H and O–H groups in total. The van der Waals surface area contributed by atoms with Crippen LogP contribution in [-0.4, -0.2) is 23.3 Å². The number of nitrogens with zero attached hydrogens (tertiary/aromatic N) is 1. The Morgan fingerprint density at radius 2 is 1.75 bits per heavy atom. The molecule has 0 radical (unpaired) electrons. The Kier molecular flexibility index (Phi) is 2.94. The van der Waals surface area contributed by atoms with E-state index in [1.165, 1.54) is 25.7 Å². The van der Waals surface area contributed by atoms with Gasteiger partial charge in [-0.15, -0.1) is 0 Å². The predicted octanol–water partition coefficient (Wildman–Crippen LogP) is 2.84. The molecule has 6 unspecified atom stereocenters. The third-order valence-electron chi connectivity index (χ3n) is 6.58. The number of amides is 2. The van der Waals surface area contributed by atoms with E-state index < -0.39 is 0 Å². The maximum Gasteiger partial charge on any atom is 0.233 e. The molecule has 110 valence electrons. The molecule has 1 aliphatic heterocycles. The summed E-state index contributed by atoms with van der Waals surface area (Å²) in [6, 6.07) is 0. The first-order valence-electron chi connectivity index (χ1n) is 8.48. The van der Waals surface area contributed by atoms with Crippen LogP contribution in [0, 0.1) is 35.5 Å². The van der Waals surface area contributed by atoms with E-state index in [0.717, 1.165) is 37.6 Å². The van der Waals surface area contributed by atoms with Crippen molar-refractivity contribution in [2.45, 2.75) is 51.9 Å². The summed E-state index contributed by atoms with van der Waals surface area (Å²) in [5.41, 5.74) is 0. The van der Waals surface area contributed by atoms with Crippen LogP contribution in [0.2, 0.25) is 0 Å². The zero-order valence-electron chi connectivity index (χ0n) is 12.4. The minimum absolute atomic E-state index is 0.0184. The van der Waals surface area contributed by atoms with Gasteiger partial charge in [0.1, 0.15) is 0 Å². The first-order chi connectivity index (χ1) is 9.63. The van der Waals surface area contributed by atoms with Gasteiger partial charge in [-0.3, -0.25) is 14.5 Å². The van der Waals surface area contributed by atoms with E-state index in [1.54, 1.807) is 4.90 Å². The molecule has 0 aromatic rings. The van der Waals surface area contributed by atoms with Crippen LogP contribution in [0.1, 0.15) is 51.9 Å². The normalized spacial score (nSPS) is 47.1. The first kappa shape index (κ1) is 12.8. The van der Waals surface area contributed by atoms with Gasteiger partial charge in [-0.2, -0.15) is 0 Å². The van der Waals surface area contributed by atoms with E-state index in [9.17, 15) is 9.59 Å². The molecule has 3 heteroatoms. The van der Waals surface area contributed by atoms with Gasteiger partial charge in [-0.25, -0.2) is 0 Å². The second-order valence-corrected chi connectivity index (χ2v) is 7.85. The third-order valence-corrected chi connectivity index (χ3v) is 6.58. The summed E-state index contributed by atoms with van der Waals surface area (Å²) in [7, 11) is 0. The Bertz CT molecular complexity index is 446. The number of hydrogen-bond acceptors (Lipinski definition) is 2. The van der Waals surface area contributed by atoms with Crippen molar-refractivity contribution in [1.29, 1.82) is 0 Å². The van der Waals surface area contributed by atoms with Crippen molar-refractivity contribution < 1.29 is 9.59 Å². The molecular weight excluding hydrogens is 250 g/mol. The molecule has 3 aliphatic carbocycles. The van der Waals surface area contributed by atoms with E-state index in [0.29, 0.717) is 11.8 Å². The number of carbonyl (C=O) groups is 2. The molecule has 6 atom stereocenters. The van der Waals surface area contributed by atoms with Gasteiger partial charge < -0.3 is 0 Å². The first-order valence-corrected chi connectivity index (χ1v) is 8.48. The fourth-order valence-electron chi connectivity index (χ4n) is 5.47. The van der Waals surface area contributed by atoms with Crippen LogP contribution < -0.4 is 0 Å². The Hall–Kier alpha value is -0.860. The van der Waals surface area contributed by atoms with E-state index in [-0.39, 0.29) is 23.7 Å². The highest BCUT2D eigenvalue weighted by molar-refractivity contribution is 6.05. The Balaban J connectivity index is 1.48. The average molecular weight is 275 g/mol. The summed E-state index contributed by atoms with van der Waals surface area (Å²) in [5.74, 6) is 3.27. The van der Waals surface area contributed by atoms with Crippen LogP contribution in [0.15, 0.2) is 0 Å².